The van der Waals surface area contributed by atoms with Crippen LogP contribution in [0.15, 0.2) is 30.9 Å². The Hall–Kier alpha value is -3.11. The Labute approximate surface area is 165 Å². The second kappa shape index (κ2) is 7.37. The summed E-state index contributed by atoms with van der Waals surface area (Å²) >= 11 is 0. The zero-order valence-corrected chi connectivity index (χ0v) is 16.1. The number of hydrogen-bond donors (Lipinski definition) is 1. The summed E-state index contributed by atoms with van der Waals surface area (Å²) in [5, 5.41) is 3.40. The van der Waals surface area contributed by atoms with E-state index in [1.54, 1.807) is 12.3 Å². The molecule has 0 aromatic carbocycles. The normalized spacial score (nSPS) is 17.6. The van der Waals surface area contributed by atoms with Gasteiger partial charge >= 0.3 is 6.18 Å². The summed E-state index contributed by atoms with van der Waals surface area (Å²) in [6.07, 6.45) is 2.95. The molecule has 1 unspecified atom stereocenters. The topological polar surface area (TPSA) is 74.5 Å². The van der Waals surface area contributed by atoms with Gasteiger partial charge in [-0.05, 0) is 18.9 Å². The van der Waals surface area contributed by atoms with Crippen molar-refractivity contribution in [3.8, 4) is 0 Å². The Morgan fingerprint density at radius 2 is 2.00 bits per heavy atom. The highest BCUT2D eigenvalue weighted by Crippen LogP contribution is 2.31. The third-order valence-electron chi connectivity index (χ3n) is 4.76. The number of hydrogen-bond acceptors (Lipinski definition) is 7. The number of alkyl halides is 3. The first-order chi connectivity index (χ1) is 13.8. The standard InChI is InChI=1S/C18H21F3N8/c1-27(2)17-23-6-5-14(26-17)24-12-4-3-8-28(10-12)15-16-25-13(18(19,20)21)11-29(16)9-7-22-15/h5-7,9,11-12H,3-4,8,10H2,1-2H3,(H,23,24,26). The molecule has 29 heavy (non-hydrogen) atoms. The predicted molar refractivity (Wildman–Crippen MR) is 103 cm³/mol. The lowest BCUT2D eigenvalue weighted by molar-refractivity contribution is -0.140. The van der Waals surface area contributed by atoms with Crippen molar-refractivity contribution >= 4 is 23.2 Å². The molecule has 1 N–H and O–H groups in total. The average Bonchev–Trinajstić information content (AvgIpc) is 3.13. The van der Waals surface area contributed by atoms with Crippen LogP contribution in [0.3, 0.4) is 0 Å². The maximum absolute atomic E-state index is 13.1. The van der Waals surface area contributed by atoms with E-state index in [4.69, 9.17) is 0 Å². The van der Waals surface area contributed by atoms with E-state index in [9.17, 15) is 13.2 Å². The molecule has 4 rings (SSSR count). The number of rotatable bonds is 4. The van der Waals surface area contributed by atoms with E-state index >= 15 is 0 Å². The molecule has 1 aliphatic heterocycles. The zero-order valence-electron chi connectivity index (χ0n) is 16.1. The van der Waals surface area contributed by atoms with Crippen molar-refractivity contribution in [1.82, 2.24) is 24.3 Å². The molecule has 0 saturated carbocycles. The van der Waals surface area contributed by atoms with Crippen LogP contribution in [0.1, 0.15) is 18.5 Å². The Morgan fingerprint density at radius 1 is 1.17 bits per heavy atom. The summed E-state index contributed by atoms with van der Waals surface area (Å²) < 4.78 is 40.5. The number of imidazole rings is 1. The van der Waals surface area contributed by atoms with Crippen molar-refractivity contribution in [3.63, 3.8) is 0 Å². The molecular formula is C18H21F3N8. The summed E-state index contributed by atoms with van der Waals surface area (Å²) in [4.78, 5) is 20.6. The van der Waals surface area contributed by atoms with Crippen molar-refractivity contribution in [1.29, 1.82) is 0 Å². The molecule has 3 aromatic rings. The first-order valence-corrected chi connectivity index (χ1v) is 9.24. The van der Waals surface area contributed by atoms with E-state index in [0.29, 0.717) is 30.7 Å². The molecule has 154 valence electrons. The maximum atomic E-state index is 13.1. The molecule has 0 bridgehead atoms. The molecule has 1 fully saturated rings. The zero-order chi connectivity index (χ0) is 20.6. The molecule has 8 nitrogen and oxygen atoms in total. The van der Waals surface area contributed by atoms with Gasteiger partial charge in [0.15, 0.2) is 17.2 Å². The van der Waals surface area contributed by atoms with E-state index in [0.717, 1.165) is 19.0 Å². The van der Waals surface area contributed by atoms with Gasteiger partial charge in [-0.2, -0.15) is 18.2 Å². The quantitative estimate of drug-likeness (QED) is 0.714. The summed E-state index contributed by atoms with van der Waals surface area (Å²) in [5.74, 6) is 1.76. The summed E-state index contributed by atoms with van der Waals surface area (Å²) in [7, 11) is 3.74. The van der Waals surface area contributed by atoms with Gasteiger partial charge in [-0.15, -0.1) is 0 Å². The smallest absolute Gasteiger partial charge is 0.365 e. The van der Waals surface area contributed by atoms with Crippen LogP contribution < -0.4 is 15.1 Å². The van der Waals surface area contributed by atoms with Gasteiger partial charge in [-0.3, -0.25) is 0 Å². The third kappa shape index (κ3) is 4.03. The van der Waals surface area contributed by atoms with Gasteiger partial charge in [0.05, 0.1) is 0 Å². The van der Waals surface area contributed by atoms with Crippen molar-refractivity contribution in [3.05, 3.63) is 36.5 Å². The molecular weight excluding hydrogens is 385 g/mol. The number of aromatic nitrogens is 5. The summed E-state index contributed by atoms with van der Waals surface area (Å²) in [6, 6.07) is 1.88. The monoisotopic (exact) mass is 406 g/mol. The molecule has 1 saturated heterocycles. The number of anilines is 3. The molecule has 0 aliphatic carbocycles. The second-order valence-corrected chi connectivity index (χ2v) is 7.17. The van der Waals surface area contributed by atoms with Crippen LogP contribution in [-0.4, -0.2) is 57.6 Å². The van der Waals surface area contributed by atoms with Crippen molar-refractivity contribution in [2.24, 2.45) is 0 Å². The number of halogens is 3. The van der Waals surface area contributed by atoms with E-state index in [1.807, 2.05) is 23.9 Å². The molecule has 11 heteroatoms. The van der Waals surface area contributed by atoms with Crippen LogP contribution in [0.4, 0.5) is 30.8 Å². The van der Waals surface area contributed by atoms with Gasteiger partial charge < -0.3 is 19.5 Å². The largest absolute Gasteiger partial charge is 0.434 e. The Balaban J connectivity index is 1.56. The second-order valence-electron chi connectivity index (χ2n) is 7.17. The molecule has 3 aromatic heterocycles. The van der Waals surface area contributed by atoms with Crippen molar-refractivity contribution < 1.29 is 13.2 Å². The highest BCUT2D eigenvalue weighted by atomic mass is 19.4. The first kappa shape index (κ1) is 19.2. The highest BCUT2D eigenvalue weighted by molar-refractivity contribution is 5.65. The SMILES string of the molecule is CN(C)c1nccc(NC2CCCN(c3nccn4cc(C(F)(F)F)nc34)C2)n1. The average molecular weight is 406 g/mol. The van der Waals surface area contributed by atoms with Crippen LogP contribution in [0.2, 0.25) is 0 Å². The van der Waals surface area contributed by atoms with E-state index in [1.165, 1.54) is 16.8 Å². The lowest BCUT2D eigenvalue weighted by atomic mass is 10.1. The summed E-state index contributed by atoms with van der Waals surface area (Å²) in [6.45, 7) is 1.29. The number of nitrogens with zero attached hydrogens (tertiary/aromatic N) is 7. The molecule has 0 spiro atoms. The van der Waals surface area contributed by atoms with Gasteiger partial charge in [-0.25, -0.2) is 15.0 Å². The number of nitrogens with one attached hydrogen (secondary N) is 1. The van der Waals surface area contributed by atoms with Crippen LogP contribution >= 0.6 is 0 Å². The Morgan fingerprint density at radius 3 is 2.76 bits per heavy atom. The fourth-order valence-electron chi connectivity index (χ4n) is 3.41. The first-order valence-electron chi connectivity index (χ1n) is 9.24. The van der Waals surface area contributed by atoms with Crippen molar-refractivity contribution in [2.75, 3.05) is 42.3 Å². The van der Waals surface area contributed by atoms with Crippen LogP contribution in [0.5, 0.6) is 0 Å². The van der Waals surface area contributed by atoms with Crippen LogP contribution in [0, 0.1) is 0 Å². The Bertz CT molecular complexity index is 1000. The van der Waals surface area contributed by atoms with Gasteiger partial charge in [0, 0.05) is 58.0 Å². The van der Waals surface area contributed by atoms with Gasteiger partial charge in [0.25, 0.3) is 0 Å². The summed E-state index contributed by atoms with van der Waals surface area (Å²) in [5.41, 5.74) is -0.715. The molecule has 4 heterocycles. The fourth-order valence-corrected chi connectivity index (χ4v) is 3.41. The van der Waals surface area contributed by atoms with E-state index in [-0.39, 0.29) is 11.7 Å². The van der Waals surface area contributed by atoms with Crippen molar-refractivity contribution in [2.45, 2.75) is 25.1 Å². The predicted octanol–water partition coefficient (Wildman–Crippen LogP) is 2.69. The molecule has 0 radical (unpaired) electrons. The van der Waals surface area contributed by atoms with Crippen LogP contribution in [-0.2, 0) is 6.18 Å². The third-order valence-corrected chi connectivity index (χ3v) is 4.76. The molecule has 1 atom stereocenters. The highest BCUT2D eigenvalue weighted by Gasteiger charge is 2.35. The lowest BCUT2D eigenvalue weighted by Gasteiger charge is -2.34. The van der Waals surface area contributed by atoms with Gasteiger partial charge in [0.1, 0.15) is 5.82 Å². The van der Waals surface area contributed by atoms with Gasteiger partial charge in [0.2, 0.25) is 5.95 Å². The number of piperidine rings is 1. The molecule has 0 amide bonds. The lowest BCUT2D eigenvalue weighted by Crippen LogP contribution is -2.43. The van der Waals surface area contributed by atoms with Gasteiger partial charge in [-0.1, -0.05) is 0 Å². The molecule has 1 aliphatic rings. The van der Waals surface area contributed by atoms with Crippen LogP contribution in [0.25, 0.3) is 5.65 Å². The minimum atomic E-state index is -4.49. The minimum Gasteiger partial charge on any atom is -0.365 e. The maximum Gasteiger partial charge on any atom is 0.434 e. The van der Waals surface area contributed by atoms with E-state index in [2.05, 4.69) is 25.3 Å². The number of fused-ring (bicyclic) bond motifs is 1. The fraction of sp³-hybridized carbons (Fsp3) is 0.444. The van der Waals surface area contributed by atoms with E-state index < -0.39 is 11.9 Å². The Kier molecular flexibility index (Phi) is 4.89. The minimum absolute atomic E-state index is 0.0766.